The lowest BCUT2D eigenvalue weighted by molar-refractivity contribution is 0.102. The van der Waals surface area contributed by atoms with E-state index in [9.17, 15) is 13.2 Å². The number of hydrogen-bond donors (Lipinski definition) is 2. The van der Waals surface area contributed by atoms with Crippen molar-refractivity contribution in [3.63, 3.8) is 0 Å². The number of carbonyl (C=O) groups is 1. The zero-order valence-corrected chi connectivity index (χ0v) is 13.6. The average Bonchev–Trinajstić information content (AvgIpc) is 2.39. The van der Waals surface area contributed by atoms with Gasteiger partial charge in [0.15, 0.2) is 0 Å². The van der Waals surface area contributed by atoms with Crippen molar-refractivity contribution in [1.82, 2.24) is 0 Å². The Hall–Kier alpha value is -2.05. The highest BCUT2D eigenvalue weighted by molar-refractivity contribution is 7.92. The van der Waals surface area contributed by atoms with Crippen molar-refractivity contribution < 1.29 is 13.2 Å². The largest absolute Gasteiger partial charge is 0.322 e. The van der Waals surface area contributed by atoms with Gasteiger partial charge in [0.25, 0.3) is 5.91 Å². The van der Waals surface area contributed by atoms with E-state index in [0.717, 1.165) is 11.8 Å². The third-order valence-corrected chi connectivity index (χ3v) is 3.83. The highest BCUT2D eigenvalue weighted by atomic mass is 35.5. The molecule has 0 aromatic heterocycles. The minimum atomic E-state index is -3.39. The maximum absolute atomic E-state index is 12.2. The van der Waals surface area contributed by atoms with Gasteiger partial charge < -0.3 is 5.32 Å². The molecule has 2 aromatic rings. The lowest BCUT2D eigenvalue weighted by atomic mass is 10.1. The maximum atomic E-state index is 12.2. The predicted octanol–water partition coefficient (Wildman–Crippen LogP) is 3.27. The van der Waals surface area contributed by atoms with E-state index in [1.807, 2.05) is 25.1 Å². The van der Waals surface area contributed by atoms with Crippen LogP contribution in [0.3, 0.4) is 0 Å². The van der Waals surface area contributed by atoms with Gasteiger partial charge in [-0.25, -0.2) is 8.42 Å². The van der Waals surface area contributed by atoms with E-state index in [1.165, 1.54) is 18.2 Å². The smallest absolute Gasteiger partial charge is 0.257 e. The van der Waals surface area contributed by atoms with Crippen molar-refractivity contribution in [1.29, 1.82) is 0 Å². The summed E-state index contributed by atoms with van der Waals surface area (Å²) >= 11 is 6.06. The molecule has 5 nitrogen and oxygen atoms in total. The molecule has 0 fully saturated rings. The SMILES string of the molecule is Cc1ccccc1NC(=O)c1ccc(NS(C)(=O)=O)cc1Cl. The second-order valence-electron chi connectivity index (χ2n) is 4.84. The number of nitrogens with one attached hydrogen (secondary N) is 2. The molecule has 1 amide bonds. The Bertz CT molecular complexity index is 819. The fraction of sp³-hybridized carbons (Fsp3) is 0.133. The summed E-state index contributed by atoms with van der Waals surface area (Å²) < 4.78 is 24.7. The van der Waals surface area contributed by atoms with Crippen LogP contribution in [0.2, 0.25) is 5.02 Å². The Kier molecular flexibility index (Phi) is 4.73. The summed E-state index contributed by atoms with van der Waals surface area (Å²) in [6.07, 6.45) is 1.04. The van der Waals surface area contributed by atoms with E-state index >= 15 is 0 Å². The van der Waals surface area contributed by atoms with Gasteiger partial charge in [-0.15, -0.1) is 0 Å². The molecule has 0 aliphatic rings. The van der Waals surface area contributed by atoms with Crippen LogP contribution in [-0.4, -0.2) is 20.6 Å². The van der Waals surface area contributed by atoms with Gasteiger partial charge in [0, 0.05) is 11.4 Å². The van der Waals surface area contributed by atoms with Crippen molar-refractivity contribution in [2.45, 2.75) is 6.92 Å². The maximum Gasteiger partial charge on any atom is 0.257 e. The summed E-state index contributed by atoms with van der Waals surface area (Å²) in [4.78, 5) is 12.2. The van der Waals surface area contributed by atoms with Gasteiger partial charge in [-0.2, -0.15) is 0 Å². The van der Waals surface area contributed by atoms with Crippen molar-refractivity contribution in [3.05, 3.63) is 58.6 Å². The van der Waals surface area contributed by atoms with Gasteiger partial charge in [-0.3, -0.25) is 9.52 Å². The zero-order chi connectivity index (χ0) is 16.3. The number of aryl methyl sites for hydroxylation is 1. The van der Waals surface area contributed by atoms with Gasteiger partial charge >= 0.3 is 0 Å². The summed E-state index contributed by atoms with van der Waals surface area (Å²) in [5.74, 6) is -0.356. The topological polar surface area (TPSA) is 75.3 Å². The van der Waals surface area contributed by atoms with Gasteiger partial charge in [-0.1, -0.05) is 29.8 Å². The van der Waals surface area contributed by atoms with Crippen LogP contribution in [0.5, 0.6) is 0 Å². The minimum absolute atomic E-state index is 0.166. The van der Waals surface area contributed by atoms with E-state index in [-0.39, 0.29) is 16.5 Å². The number of halogens is 1. The van der Waals surface area contributed by atoms with Crippen LogP contribution < -0.4 is 10.0 Å². The average molecular weight is 339 g/mol. The number of hydrogen-bond acceptors (Lipinski definition) is 3. The molecular formula is C15H15ClN2O3S. The Morgan fingerprint density at radius 3 is 2.41 bits per heavy atom. The minimum Gasteiger partial charge on any atom is -0.322 e. The molecule has 0 aliphatic carbocycles. The molecule has 22 heavy (non-hydrogen) atoms. The van der Waals surface area contributed by atoms with E-state index in [0.29, 0.717) is 11.4 Å². The molecule has 0 spiro atoms. The Morgan fingerprint density at radius 2 is 1.82 bits per heavy atom. The normalized spacial score (nSPS) is 11.0. The van der Waals surface area contributed by atoms with Crippen LogP contribution in [0.4, 0.5) is 11.4 Å². The summed E-state index contributed by atoms with van der Waals surface area (Å²) in [6.45, 7) is 1.89. The van der Waals surface area contributed by atoms with E-state index in [1.54, 1.807) is 6.07 Å². The van der Waals surface area contributed by atoms with Gasteiger partial charge in [-0.05, 0) is 36.8 Å². The van der Waals surface area contributed by atoms with Crippen molar-refractivity contribution >= 4 is 38.9 Å². The standard InChI is InChI=1S/C15H15ClN2O3S/c1-10-5-3-4-6-14(10)17-15(19)12-8-7-11(9-13(12)16)18-22(2,20)21/h3-9,18H,1-2H3,(H,17,19). The Balaban J connectivity index is 2.22. The molecular weight excluding hydrogens is 324 g/mol. The fourth-order valence-corrected chi connectivity index (χ4v) is 2.70. The monoisotopic (exact) mass is 338 g/mol. The van der Waals surface area contributed by atoms with Crippen LogP contribution in [0.15, 0.2) is 42.5 Å². The summed E-state index contributed by atoms with van der Waals surface area (Å²) in [5.41, 5.74) is 2.20. The summed E-state index contributed by atoms with van der Waals surface area (Å²) in [5, 5.41) is 2.94. The van der Waals surface area contributed by atoms with Crippen molar-refractivity contribution in [2.24, 2.45) is 0 Å². The van der Waals surface area contributed by atoms with Crippen LogP contribution >= 0.6 is 11.6 Å². The van der Waals surface area contributed by atoms with Gasteiger partial charge in [0.05, 0.1) is 16.8 Å². The highest BCUT2D eigenvalue weighted by Gasteiger charge is 2.13. The number of para-hydroxylation sites is 1. The second kappa shape index (κ2) is 6.37. The number of anilines is 2. The molecule has 0 saturated carbocycles. The molecule has 2 N–H and O–H groups in total. The first-order valence-corrected chi connectivity index (χ1v) is 8.67. The number of sulfonamides is 1. The zero-order valence-electron chi connectivity index (χ0n) is 12.1. The number of rotatable bonds is 4. The predicted molar refractivity (Wildman–Crippen MR) is 89.1 cm³/mol. The summed E-state index contributed by atoms with van der Waals surface area (Å²) in [7, 11) is -3.39. The first-order valence-electron chi connectivity index (χ1n) is 6.40. The lowest BCUT2D eigenvalue weighted by Crippen LogP contribution is -2.14. The van der Waals surface area contributed by atoms with Crippen LogP contribution in [-0.2, 0) is 10.0 Å². The molecule has 0 radical (unpaired) electrons. The van der Waals surface area contributed by atoms with E-state index in [4.69, 9.17) is 11.6 Å². The molecule has 0 saturated heterocycles. The Labute approximate surface area is 134 Å². The molecule has 7 heteroatoms. The number of amides is 1. The first-order chi connectivity index (χ1) is 10.3. The molecule has 0 aliphatic heterocycles. The van der Waals surface area contributed by atoms with Gasteiger partial charge in [0.2, 0.25) is 10.0 Å². The molecule has 116 valence electrons. The molecule has 2 aromatic carbocycles. The van der Waals surface area contributed by atoms with Gasteiger partial charge in [0.1, 0.15) is 0 Å². The number of carbonyl (C=O) groups excluding carboxylic acids is 1. The highest BCUT2D eigenvalue weighted by Crippen LogP contribution is 2.23. The molecule has 0 heterocycles. The first kappa shape index (κ1) is 16.3. The number of benzene rings is 2. The quantitative estimate of drug-likeness (QED) is 0.898. The summed E-state index contributed by atoms with van der Waals surface area (Å²) in [6, 6.07) is 11.7. The fourth-order valence-electron chi connectivity index (χ4n) is 1.88. The molecule has 2 rings (SSSR count). The van der Waals surface area contributed by atoms with Crippen LogP contribution in [0, 0.1) is 6.92 Å². The lowest BCUT2D eigenvalue weighted by Gasteiger charge is -2.10. The Morgan fingerprint density at radius 1 is 1.14 bits per heavy atom. The molecule has 0 atom stereocenters. The van der Waals surface area contributed by atoms with Crippen LogP contribution in [0.25, 0.3) is 0 Å². The molecule has 0 unspecified atom stereocenters. The second-order valence-corrected chi connectivity index (χ2v) is 6.99. The van der Waals surface area contributed by atoms with E-state index < -0.39 is 10.0 Å². The third-order valence-electron chi connectivity index (χ3n) is 2.91. The molecule has 0 bridgehead atoms. The van der Waals surface area contributed by atoms with Crippen LogP contribution in [0.1, 0.15) is 15.9 Å². The third kappa shape index (κ3) is 4.22. The van der Waals surface area contributed by atoms with E-state index in [2.05, 4.69) is 10.0 Å². The van der Waals surface area contributed by atoms with Crippen molar-refractivity contribution in [2.75, 3.05) is 16.3 Å². The van der Waals surface area contributed by atoms with Crippen molar-refractivity contribution in [3.8, 4) is 0 Å².